The number of aromatic nitrogens is 4. The Balaban J connectivity index is 0.00000110. The van der Waals surface area contributed by atoms with Gasteiger partial charge >= 0.3 is 11.9 Å². The lowest BCUT2D eigenvalue weighted by molar-refractivity contribution is -0.160. The summed E-state index contributed by atoms with van der Waals surface area (Å²) < 4.78 is 40.5. The van der Waals surface area contributed by atoms with Crippen LogP contribution in [0.5, 0.6) is 11.5 Å². The number of carbonyl (C=O) groups excluding carboxylic acids is 2. The Morgan fingerprint density at radius 3 is 1.80 bits per heavy atom. The minimum atomic E-state index is -2.71. The zero-order chi connectivity index (χ0) is 51.3. The molecule has 1 saturated heterocycles. The molecule has 0 saturated carbocycles. The summed E-state index contributed by atoms with van der Waals surface area (Å²) in [5.74, 6) is -0.777. The number of carboxylic acids is 1. The minimum Gasteiger partial charge on any atom is -0.497 e. The molecule has 16 nitrogen and oxygen atoms in total. The predicted octanol–water partition coefficient (Wildman–Crippen LogP) is 9.52. The Bertz CT molecular complexity index is 2600. The summed E-state index contributed by atoms with van der Waals surface area (Å²) in [5, 5.41) is 12.1. The zero-order valence-electron chi connectivity index (χ0n) is 42.5. The monoisotopic (exact) mass is 988 g/mol. The maximum Gasteiger partial charge on any atom is 0.306 e. The molecule has 1 aliphatic rings. The predicted molar refractivity (Wildman–Crippen MR) is 274 cm³/mol. The van der Waals surface area contributed by atoms with Crippen LogP contribution in [0, 0.1) is 0 Å². The first-order valence-corrected chi connectivity index (χ1v) is 26.9. The second-order valence-electron chi connectivity index (χ2n) is 18.6. The van der Waals surface area contributed by atoms with Crippen molar-refractivity contribution in [3.63, 3.8) is 0 Å². The number of anilines is 1. The molecular formula is C54H68N6O10Si. The van der Waals surface area contributed by atoms with Crippen LogP contribution in [0.2, 0.25) is 18.1 Å². The van der Waals surface area contributed by atoms with Crippen LogP contribution in [0.1, 0.15) is 87.7 Å². The van der Waals surface area contributed by atoms with E-state index in [0.29, 0.717) is 28.2 Å². The van der Waals surface area contributed by atoms with Gasteiger partial charge in [0, 0.05) is 5.56 Å². The van der Waals surface area contributed by atoms with Gasteiger partial charge in [-0.2, -0.15) is 0 Å². The molecule has 1 aliphatic heterocycles. The van der Waals surface area contributed by atoms with Gasteiger partial charge in [0.15, 0.2) is 37.6 Å². The summed E-state index contributed by atoms with van der Waals surface area (Å²) in [6.45, 7) is 20.4. The third-order valence-corrected chi connectivity index (χ3v) is 17.7. The maximum absolute atomic E-state index is 13.7. The van der Waals surface area contributed by atoms with Crippen molar-refractivity contribution in [3.05, 3.63) is 144 Å². The van der Waals surface area contributed by atoms with Crippen LogP contribution in [0.15, 0.2) is 122 Å². The third kappa shape index (κ3) is 12.7. The molecule has 0 bridgehead atoms. The third-order valence-electron chi connectivity index (χ3n) is 13.2. The van der Waals surface area contributed by atoms with Gasteiger partial charge in [-0.3, -0.25) is 19.0 Å². The fraction of sp³-hybridized carbons (Fsp3) is 0.407. The Hall–Kier alpha value is -6.50. The summed E-state index contributed by atoms with van der Waals surface area (Å²) in [5.41, 5.74) is 2.11. The van der Waals surface area contributed by atoms with Crippen molar-refractivity contribution in [2.45, 2.75) is 103 Å². The molecule has 0 unspecified atom stereocenters. The Labute approximate surface area is 417 Å². The molecular weight excluding hydrogens is 921 g/mol. The largest absolute Gasteiger partial charge is 0.497 e. The number of benzene rings is 4. The van der Waals surface area contributed by atoms with E-state index in [4.69, 9.17) is 28.1 Å². The first-order valence-electron chi connectivity index (χ1n) is 24.0. The highest BCUT2D eigenvalue weighted by atomic mass is 28.4. The zero-order valence-corrected chi connectivity index (χ0v) is 43.5. The highest BCUT2D eigenvalue weighted by Crippen LogP contribution is 2.46. The molecule has 71 heavy (non-hydrogen) atoms. The number of carbonyl (C=O) groups is 3. The van der Waals surface area contributed by atoms with Gasteiger partial charge in [0.2, 0.25) is 0 Å². The first kappa shape index (κ1) is 53.8. The van der Waals surface area contributed by atoms with E-state index in [-0.39, 0.29) is 29.8 Å². The second-order valence-corrected chi connectivity index (χ2v) is 23.3. The molecule has 7 rings (SSSR count). The van der Waals surface area contributed by atoms with Gasteiger partial charge in [-0.15, -0.1) is 0 Å². The Morgan fingerprint density at radius 1 is 0.746 bits per heavy atom. The highest BCUT2D eigenvalue weighted by molar-refractivity contribution is 6.74. The molecule has 0 radical (unpaired) electrons. The van der Waals surface area contributed by atoms with E-state index < -0.39 is 56.8 Å². The standard InChI is InChI=1S/C48H53N5O10Si.C6H15N/c1-47(2,3)64(6,7)63-42-41(62-39(56)27-26-38(54)55)37(61-46(42)53-30-51-40-43(49-29-50-44(40)53)52-45(57)31-14-10-8-11-15-31)28-60-48(32-16-12-9-13-17-32,33-18-22-35(58-4)23-19-33)34-20-24-36(59-5)25-21-34;1-4-7(5-2)6-3/h8-25,29-30,37,41-42,46H,26-28H2,1-7H3,(H,54,55)(H,49,50,52,57);4-6H2,1-3H3/t37-,41-,42-,46-;/m1./s1. The van der Waals surface area contributed by atoms with E-state index in [1.54, 1.807) is 43.1 Å². The molecule has 1 amide bonds. The Kier molecular flexibility index (Phi) is 18.3. The van der Waals surface area contributed by atoms with Crippen molar-refractivity contribution in [3.8, 4) is 11.5 Å². The number of nitrogens with one attached hydrogen (secondary N) is 1. The van der Waals surface area contributed by atoms with Crippen LogP contribution in [0.25, 0.3) is 11.2 Å². The molecule has 0 spiro atoms. The van der Waals surface area contributed by atoms with Gasteiger partial charge in [-0.05, 0) is 90.9 Å². The molecule has 378 valence electrons. The fourth-order valence-corrected chi connectivity index (χ4v) is 9.41. The van der Waals surface area contributed by atoms with E-state index in [1.165, 1.54) is 32.3 Å². The topological polar surface area (TPSA) is 186 Å². The number of amides is 1. The van der Waals surface area contributed by atoms with Gasteiger partial charge in [0.1, 0.15) is 35.6 Å². The number of fused-ring (bicyclic) bond motifs is 1. The van der Waals surface area contributed by atoms with Gasteiger partial charge in [0.25, 0.3) is 5.91 Å². The van der Waals surface area contributed by atoms with Gasteiger partial charge in [0.05, 0.1) is 40.0 Å². The first-order chi connectivity index (χ1) is 34.0. The number of carboxylic acid groups (broad SMARTS) is 1. The number of esters is 1. The van der Waals surface area contributed by atoms with E-state index in [1.807, 2.05) is 84.9 Å². The van der Waals surface area contributed by atoms with Crippen LogP contribution in [0.3, 0.4) is 0 Å². The molecule has 6 aromatic rings. The lowest BCUT2D eigenvalue weighted by Crippen LogP contribution is -2.50. The van der Waals surface area contributed by atoms with Crippen molar-refractivity contribution < 1.29 is 47.6 Å². The molecule has 3 heterocycles. The van der Waals surface area contributed by atoms with Gasteiger partial charge < -0.3 is 43.4 Å². The number of ether oxygens (including phenoxy) is 5. The molecule has 2 aromatic heterocycles. The van der Waals surface area contributed by atoms with Crippen molar-refractivity contribution in [2.75, 3.05) is 45.8 Å². The molecule has 4 aromatic carbocycles. The smallest absolute Gasteiger partial charge is 0.306 e. The number of imidazole rings is 1. The van der Waals surface area contributed by atoms with E-state index in [9.17, 15) is 19.5 Å². The lowest BCUT2D eigenvalue weighted by Gasteiger charge is -2.40. The van der Waals surface area contributed by atoms with Crippen LogP contribution in [0.4, 0.5) is 5.82 Å². The Morgan fingerprint density at radius 2 is 1.30 bits per heavy atom. The number of rotatable bonds is 20. The van der Waals surface area contributed by atoms with Crippen LogP contribution in [-0.2, 0) is 33.8 Å². The number of aliphatic carboxylic acids is 1. The quantitative estimate of drug-likeness (QED) is 0.0418. The number of nitrogens with zero attached hydrogens (tertiary/aromatic N) is 5. The summed E-state index contributed by atoms with van der Waals surface area (Å²) in [6, 6.07) is 33.7. The van der Waals surface area contributed by atoms with E-state index in [0.717, 1.165) is 16.7 Å². The number of methoxy groups -OCH3 is 2. The van der Waals surface area contributed by atoms with Crippen molar-refractivity contribution >= 4 is 43.1 Å². The molecule has 1 fully saturated rings. The van der Waals surface area contributed by atoms with Crippen molar-refractivity contribution in [2.24, 2.45) is 0 Å². The average Bonchev–Trinajstić information content (AvgIpc) is 3.95. The van der Waals surface area contributed by atoms with Gasteiger partial charge in [-0.25, -0.2) is 15.0 Å². The molecule has 2 N–H and O–H groups in total. The molecule has 4 atom stereocenters. The van der Waals surface area contributed by atoms with Gasteiger partial charge in [-0.1, -0.05) is 114 Å². The van der Waals surface area contributed by atoms with Crippen molar-refractivity contribution in [1.82, 2.24) is 24.4 Å². The average molecular weight is 989 g/mol. The van der Waals surface area contributed by atoms with E-state index in [2.05, 4.69) is 79.8 Å². The van der Waals surface area contributed by atoms with Crippen LogP contribution >= 0.6 is 0 Å². The lowest BCUT2D eigenvalue weighted by atomic mass is 9.80. The molecule has 0 aliphatic carbocycles. The normalized spacial score (nSPS) is 17.1. The summed E-state index contributed by atoms with van der Waals surface area (Å²) in [4.78, 5) is 54.6. The highest BCUT2D eigenvalue weighted by Gasteiger charge is 2.54. The molecule has 17 heteroatoms. The fourth-order valence-electron chi connectivity index (χ4n) is 8.12. The summed E-state index contributed by atoms with van der Waals surface area (Å²) in [7, 11) is 0.494. The number of hydrogen-bond acceptors (Lipinski definition) is 13. The second kappa shape index (κ2) is 24.1. The van der Waals surface area contributed by atoms with Crippen LogP contribution in [-0.4, -0.2) is 114 Å². The summed E-state index contributed by atoms with van der Waals surface area (Å²) in [6.07, 6.45) is -2.05. The van der Waals surface area contributed by atoms with E-state index >= 15 is 0 Å². The SMILES string of the molecule is CCN(CC)CC.COc1ccc(C(OC[C@H]2O[C@@H](n3cnc4c(NC(=O)c5ccccc5)ncnc43)[C@H](O[Si](C)(C)C(C)(C)C)[C@@H]2OC(=O)CCC(=O)O)(c2ccccc2)c2ccc(OC)cc2)cc1. The van der Waals surface area contributed by atoms with Crippen molar-refractivity contribution in [1.29, 1.82) is 0 Å². The van der Waals surface area contributed by atoms with Crippen LogP contribution < -0.4 is 14.8 Å². The number of hydrogen-bond donors (Lipinski definition) is 2. The summed E-state index contributed by atoms with van der Waals surface area (Å²) >= 11 is 0. The minimum absolute atomic E-state index is 0.155. The maximum atomic E-state index is 13.7.